The number of phenolic OH excluding ortho intramolecular Hbond substituents is 1. The highest BCUT2D eigenvalue weighted by atomic mass is 16.5. The summed E-state index contributed by atoms with van der Waals surface area (Å²) in [5.41, 5.74) is 2.69. The predicted octanol–water partition coefficient (Wildman–Crippen LogP) is 2.11. The molecule has 0 bridgehead atoms. The van der Waals surface area contributed by atoms with Crippen molar-refractivity contribution in [2.45, 2.75) is 38.1 Å². The van der Waals surface area contributed by atoms with Crippen LogP contribution in [0.3, 0.4) is 0 Å². The third-order valence-electron chi connectivity index (χ3n) is 7.11. The van der Waals surface area contributed by atoms with Crippen LogP contribution in [0.4, 0.5) is 5.95 Å². The van der Waals surface area contributed by atoms with Gasteiger partial charge >= 0.3 is 0 Å². The number of nitrogens with zero attached hydrogens (tertiary/aromatic N) is 5. The second kappa shape index (κ2) is 8.94. The normalized spacial score (nSPS) is 19.8. The maximum absolute atomic E-state index is 13.1. The van der Waals surface area contributed by atoms with Gasteiger partial charge in [-0.05, 0) is 43.0 Å². The molecule has 0 unspecified atom stereocenters. The van der Waals surface area contributed by atoms with Gasteiger partial charge in [-0.25, -0.2) is 9.97 Å². The summed E-state index contributed by atoms with van der Waals surface area (Å²) < 4.78 is 5.15. The lowest BCUT2D eigenvalue weighted by molar-refractivity contribution is 0.0762. The Morgan fingerprint density at radius 3 is 2.59 bits per heavy atom. The number of ether oxygens (including phenoxy) is 1. The number of aromatic hydroxyl groups is 1. The number of anilines is 1. The molecule has 2 fully saturated rings. The Labute approximate surface area is 188 Å². The molecule has 0 spiro atoms. The summed E-state index contributed by atoms with van der Waals surface area (Å²) in [6.07, 6.45) is 7.48. The monoisotopic (exact) mass is 437 g/mol. The molecule has 170 valence electrons. The van der Waals surface area contributed by atoms with Gasteiger partial charge in [0, 0.05) is 63.5 Å². The molecule has 1 saturated carbocycles. The van der Waals surface area contributed by atoms with Crippen LogP contribution in [-0.4, -0.2) is 83.2 Å². The number of carbonyl (C=O) groups excluding carboxylic acids is 1. The minimum Gasteiger partial charge on any atom is -0.504 e. The van der Waals surface area contributed by atoms with E-state index in [0.717, 1.165) is 55.8 Å². The second-order valence-corrected chi connectivity index (χ2v) is 8.93. The van der Waals surface area contributed by atoms with Crippen LogP contribution in [0.15, 0.2) is 24.4 Å². The standard InChI is InChI=1S/C24H31N5O3/c1-32-22-15-17(5-6-21(22)30)23(31)28-9-7-18-16-25-24(26-20(18)8-10-28)29-13-11-27(12-14-29)19-3-2-4-19/h5-6,15-16,19,30H,2-4,7-14H2,1H3. The van der Waals surface area contributed by atoms with Crippen molar-refractivity contribution < 1.29 is 14.6 Å². The van der Waals surface area contributed by atoms with Crippen molar-refractivity contribution in [3.05, 3.63) is 41.2 Å². The minimum absolute atomic E-state index is 0.0312. The van der Waals surface area contributed by atoms with Crippen molar-refractivity contribution >= 4 is 11.9 Å². The van der Waals surface area contributed by atoms with Crippen LogP contribution >= 0.6 is 0 Å². The Balaban J connectivity index is 1.24. The van der Waals surface area contributed by atoms with Crippen LogP contribution in [-0.2, 0) is 12.8 Å². The van der Waals surface area contributed by atoms with Gasteiger partial charge in [-0.1, -0.05) is 6.42 Å². The van der Waals surface area contributed by atoms with Crippen molar-refractivity contribution in [3.63, 3.8) is 0 Å². The van der Waals surface area contributed by atoms with Crippen LogP contribution < -0.4 is 9.64 Å². The van der Waals surface area contributed by atoms with Crippen molar-refractivity contribution in [2.24, 2.45) is 0 Å². The van der Waals surface area contributed by atoms with Crippen LogP contribution in [0.2, 0.25) is 0 Å². The summed E-state index contributed by atoms with van der Waals surface area (Å²) >= 11 is 0. The second-order valence-electron chi connectivity index (χ2n) is 8.93. The van der Waals surface area contributed by atoms with Gasteiger partial charge in [0.2, 0.25) is 5.95 Å². The molecule has 2 aliphatic heterocycles. The average molecular weight is 438 g/mol. The van der Waals surface area contributed by atoms with E-state index < -0.39 is 0 Å². The highest BCUT2D eigenvalue weighted by molar-refractivity contribution is 5.95. The SMILES string of the molecule is COc1cc(C(=O)N2CCc3cnc(N4CCN(C5CCC5)CC4)nc3CC2)ccc1O. The van der Waals surface area contributed by atoms with E-state index in [0.29, 0.717) is 30.8 Å². The van der Waals surface area contributed by atoms with Gasteiger partial charge in [-0.2, -0.15) is 0 Å². The number of rotatable bonds is 4. The number of amides is 1. The Kier molecular flexibility index (Phi) is 5.87. The van der Waals surface area contributed by atoms with Crippen LogP contribution in [0, 0.1) is 0 Å². The lowest BCUT2D eigenvalue weighted by Crippen LogP contribution is -2.52. The molecule has 1 amide bonds. The molecule has 8 heteroatoms. The molecule has 3 aliphatic rings. The minimum atomic E-state index is -0.0589. The van der Waals surface area contributed by atoms with Gasteiger partial charge in [-0.3, -0.25) is 9.69 Å². The Morgan fingerprint density at radius 1 is 1.09 bits per heavy atom. The predicted molar refractivity (Wildman–Crippen MR) is 121 cm³/mol. The largest absolute Gasteiger partial charge is 0.504 e. The van der Waals surface area contributed by atoms with Crippen LogP contribution in [0.25, 0.3) is 0 Å². The molecular formula is C24H31N5O3. The number of hydrogen-bond acceptors (Lipinski definition) is 7. The van der Waals surface area contributed by atoms with Crippen molar-refractivity contribution in [1.29, 1.82) is 0 Å². The summed E-state index contributed by atoms with van der Waals surface area (Å²) in [6.45, 7) is 5.36. The first-order valence-corrected chi connectivity index (χ1v) is 11.6. The molecule has 1 aliphatic carbocycles. The highest BCUT2D eigenvalue weighted by Gasteiger charge is 2.29. The number of carbonyl (C=O) groups is 1. The summed E-state index contributed by atoms with van der Waals surface area (Å²) in [5, 5.41) is 9.81. The smallest absolute Gasteiger partial charge is 0.254 e. The number of methoxy groups -OCH3 is 1. The lowest BCUT2D eigenvalue weighted by atomic mass is 9.91. The van der Waals surface area contributed by atoms with E-state index in [1.54, 1.807) is 12.1 Å². The van der Waals surface area contributed by atoms with E-state index in [9.17, 15) is 9.90 Å². The first-order chi connectivity index (χ1) is 15.6. The summed E-state index contributed by atoms with van der Waals surface area (Å²) in [5.74, 6) is 1.10. The van der Waals surface area contributed by atoms with Gasteiger partial charge in [-0.15, -0.1) is 0 Å². The van der Waals surface area contributed by atoms with Crippen LogP contribution in [0.1, 0.15) is 40.9 Å². The number of aromatic nitrogens is 2. The fourth-order valence-corrected chi connectivity index (χ4v) is 4.85. The Bertz CT molecular complexity index is 986. The molecule has 0 radical (unpaired) electrons. The van der Waals surface area contributed by atoms with E-state index in [4.69, 9.17) is 9.72 Å². The summed E-state index contributed by atoms with van der Waals surface area (Å²) in [6, 6.07) is 5.53. The van der Waals surface area contributed by atoms with E-state index in [-0.39, 0.29) is 11.7 Å². The van der Waals surface area contributed by atoms with Crippen molar-refractivity contribution in [3.8, 4) is 11.5 Å². The maximum atomic E-state index is 13.1. The Morgan fingerprint density at radius 2 is 1.88 bits per heavy atom. The molecule has 1 N–H and O–H groups in total. The molecule has 1 aromatic carbocycles. The molecule has 1 saturated heterocycles. The summed E-state index contributed by atoms with van der Waals surface area (Å²) in [4.78, 5) is 29.4. The highest BCUT2D eigenvalue weighted by Crippen LogP contribution is 2.28. The molecule has 0 atom stereocenters. The molecule has 5 rings (SSSR count). The van der Waals surface area contributed by atoms with Gasteiger partial charge in [0.25, 0.3) is 5.91 Å². The molecule has 3 heterocycles. The quantitative estimate of drug-likeness (QED) is 0.784. The number of hydrogen-bond donors (Lipinski definition) is 1. The zero-order valence-electron chi connectivity index (χ0n) is 18.7. The molecule has 32 heavy (non-hydrogen) atoms. The maximum Gasteiger partial charge on any atom is 0.254 e. The topological polar surface area (TPSA) is 82.0 Å². The third kappa shape index (κ3) is 4.11. The van der Waals surface area contributed by atoms with E-state index in [2.05, 4.69) is 14.8 Å². The van der Waals surface area contributed by atoms with E-state index >= 15 is 0 Å². The third-order valence-corrected chi connectivity index (χ3v) is 7.11. The molecular weight excluding hydrogens is 406 g/mol. The van der Waals surface area contributed by atoms with Crippen LogP contribution in [0.5, 0.6) is 11.5 Å². The van der Waals surface area contributed by atoms with E-state index in [1.807, 2.05) is 11.1 Å². The number of phenols is 1. The van der Waals surface area contributed by atoms with Gasteiger partial charge in [0.05, 0.1) is 12.8 Å². The number of benzene rings is 1. The number of piperazine rings is 1. The molecule has 2 aromatic rings. The zero-order chi connectivity index (χ0) is 22.1. The summed E-state index contributed by atoms with van der Waals surface area (Å²) in [7, 11) is 1.48. The Hall–Kier alpha value is -2.87. The first kappa shape index (κ1) is 21.0. The van der Waals surface area contributed by atoms with Gasteiger partial charge < -0.3 is 19.6 Å². The van der Waals surface area contributed by atoms with Crippen molar-refractivity contribution in [1.82, 2.24) is 19.8 Å². The number of fused-ring (bicyclic) bond motifs is 1. The zero-order valence-corrected chi connectivity index (χ0v) is 18.7. The first-order valence-electron chi connectivity index (χ1n) is 11.6. The fourth-order valence-electron chi connectivity index (χ4n) is 4.85. The van der Waals surface area contributed by atoms with Gasteiger partial charge in [0.1, 0.15) is 0 Å². The molecule has 1 aromatic heterocycles. The molecule has 8 nitrogen and oxygen atoms in total. The lowest BCUT2D eigenvalue weighted by Gasteiger charge is -2.43. The van der Waals surface area contributed by atoms with E-state index in [1.165, 1.54) is 32.4 Å². The van der Waals surface area contributed by atoms with Gasteiger partial charge in [0.15, 0.2) is 11.5 Å². The fraction of sp³-hybridized carbons (Fsp3) is 0.542. The van der Waals surface area contributed by atoms with Crippen molar-refractivity contribution in [2.75, 3.05) is 51.3 Å². The average Bonchev–Trinajstić information content (AvgIpc) is 3.00.